The van der Waals surface area contributed by atoms with Crippen molar-refractivity contribution in [1.82, 2.24) is 4.72 Å². The van der Waals surface area contributed by atoms with Crippen LogP contribution in [0, 0.1) is 11.3 Å². The van der Waals surface area contributed by atoms with E-state index in [1.54, 1.807) is 12.1 Å². The second-order valence-electron chi connectivity index (χ2n) is 3.95. The lowest BCUT2D eigenvalue weighted by atomic mass is 10.2. The molecule has 0 aromatic heterocycles. The Morgan fingerprint density at radius 2 is 1.79 bits per heavy atom. The van der Waals surface area contributed by atoms with Gasteiger partial charge in [0.2, 0.25) is 10.0 Å². The minimum atomic E-state index is -3.59. The molecule has 1 N–H and O–H groups in total. The number of rotatable bonds is 4. The molecule has 0 aliphatic heterocycles. The van der Waals surface area contributed by atoms with Crippen LogP contribution in [-0.2, 0) is 16.6 Å². The average molecular weight is 272 g/mol. The molecule has 0 aliphatic rings. The number of nitrogens with zero attached hydrogens (tertiary/aromatic N) is 1. The Bertz CT molecular complexity index is 704. The number of hydrogen-bond acceptors (Lipinski definition) is 3. The van der Waals surface area contributed by atoms with Crippen LogP contribution in [0.5, 0.6) is 0 Å². The van der Waals surface area contributed by atoms with Gasteiger partial charge >= 0.3 is 0 Å². The second-order valence-corrected chi connectivity index (χ2v) is 5.72. The van der Waals surface area contributed by atoms with Crippen LogP contribution < -0.4 is 4.72 Å². The molecule has 0 aliphatic carbocycles. The Morgan fingerprint density at radius 1 is 1.05 bits per heavy atom. The minimum Gasteiger partial charge on any atom is -0.207 e. The molecule has 2 aromatic carbocycles. The third-order valence-electron chi connectivity index (χ3n) is 2.58. The van der Waals surface area contributed by atoms with Gasteiger partial charge in [-0.3, -0.25) is 0 Å². The highest BCUT2D eigenvalue weighted by Crippen LogP contribution is 2.11. The van der Waals surface area contributed by atoms with Gasteiger partial charge in [0.1, 0.15) is 0 Å². The number of nitriles is 1. The summed E-state index contributed by atoms with van der Waals surface area (Å²) in [4.78, 5) is 0.0995. The SMILES string of the molecule is N#Cc1cccc(S(=O)(=O)NCc2ccccc2)c1. The van der Waals surface area contributed by atoms with E-state index in [1.165, 1.54) is 12.1 Å². The highest BCUT2D eigenvalue weighted by molar-refractivity contribution is 7.89. The summed E-state index contributed by atoms with van der Waals surface area (Å²) in [6.07, 6.45) is 0. The van der Waals surface area contributed by atoms with Crippen LogP contribution in [0.3, 0.4) is 0 Å². The van der Waals surface area contributed by atoms with Crippen LogP contribution in [0.4, 0.5) is 0 Å². The van der Waals surface area contributed by atoms with E-state index < -0.39 is 10.0 Å². The highest BCUT2D eigenvalue weighted by atomic mass is 32.2. The van der Waals surface area contributed by atoms with Crippen molar-refractivity contribution in [3.63, 3.8) is 0 Å². The van der Waals surface area contributed by atoms with Gasteiger partial charge in [-0.2, -0.15) is 5.26 Å². The topological polar surface area (TPSA) is 70.0 Å². The van der Waals surface area contributed by atoms with E-state index in [0.717, 1.165) is 5.56 Å². The molecule has 5 heteroatoms. The van der Waals surface area contributed by atoms with Crippen molar-refractivity contribution in [3.8, 4) is 6.07 Å². The molecule has 0 unspecified atom stereocenters. The quantitative estimate of drug-likeness (QED) is 0.925. The maximum absolute atomic E-state index is 12.1. The van der Waals surface area contributed by atoms with Gasteiger partial charge in [-0.25, -0.2) is 13.1 Å². The summed E-state index contributed by atoms with van der Waals surface area (Å²) in [7, 11) is -3.59. The smallest absolute Gasteiger partial charge is 0.207 e. The first-order valence-corrected chi connectivity index (χ1v) is 7.14. The maximum Gasteiger partial charge on any atom is 0.240 e. The lowest BCUT2D eigenvalue weighted by Gasteiger charge is -2.07. The van der Waals surface area contributed by atoms with E-state index in [0.29, 0.717) is 5.56 Å². The van der Waals surface area contributed by atoms with Crippen molar-refractivity contribution in [2.24, 2.45) is 0 Å². The zero-order valence-electron chi connectivity index (χ0n) is 10.1. The first kappa shape index (κ1) is 13.3. The molecule has 19 heavy (non-hydrogen) atoms. The van der Waals surface area contributed by atoms with Crippen LogP contribution in [-0.4, -0.2) is 8.42 Å². The number of sulfonamides is 1. The van der Waals surface area contributed by atoms with Gasteiger partial charge in [-0.05, 0) is 23.8 Å². The molecular weight excluding hydrogens is 260 g/mol. The predicted octanol–water partition coefficient (Wildman–Crippen LogP) is 2.04. The summed E-state index contributed by atoms with van der Waals surface area (Å²) in [5.41, 5.74) is 1.20. The highest BCUT2D eigenvalue weighted by Gasteiger charge is 2.13. The second kappa shape index (κ2) is 5.65. The molecule has 0 radical (unpaired) electrons. The minimum absolute atomic E-state index is 0.0995. The summed E-state index contributed by atoms with van der Waals surface area (Å²) >= 11 is 0. The van der Waals surface area contributed by atoms with E-state index in [4.69, 9.17) is 5.26 Å². The third kappa shape index (κ3) is 3.41. The van der Waals surface area contributed by atoms with E-state index >= 15 is 0 Å². The van der Waals surface area contributed by atoms with Crippen LogP contribution in [0.2, 0.25) is 0 Å². The van der Waals surface area contributed by atoms with Gasteiger partial charge in [0.15, 0.2) is 0 Å². The van der Waals surface area contributed by atoms with Gasteiger partial charge < -0.3 is 0 Å². The molecule has 0 spiro atoms. The zero-order chi connectivity index (χ0) is 13.7. The van der Waals surface area contributed by atoms with Gasteiger partial charge in [0.05, 0.1) is 16.5 Å². The molecule has 0 fully saturated rings. The van der Waals surface area contributed by atoms with Crippen molar-refractivity contribution >= 4 is 10.0 Å². The van der Waals surface area contributed by atoms with Crippen molar-refractivity contribution in [3.05, 3.63) is 65.7 Å². The Hall–Kier alpha value is -2.16. The van der Waals surface area contributed by atoms with Crippen molar-refractivity contribution in [2.75, 3.05) is 0 Å². The fraction of sp³-hybridized carbons (Fsp3) is 0.0714. The molecule has 96 valence electrons. The standard InChI is InChI=1S/C14H12N2O2S/c15-10-13-7-4-8-14(9-13)19(17,18)16-11-12-5-2-1-3-6-12/h1-9,16H,11H2. The Balaban J connectivity index is 2.17. The summed E-state index contributed by atoms with van der Waals surface area (Å²) in [5, 5.41) is 8.77. The molecule has 2 rings (SSSR count). The third-order valence-corrected chi connectivity index (χ3v) is 3.98. The molecule has 0 saturated carbocycles. The van der Waals surface area contributed by atoms with Gasteiger partial charge in [0, 0.05) is 6.54 Å². The van der Waals surface area contributed by atoms with Crippen LogP contribution in [0.25, 0.3) is 0 Å². The van der Waals surface area contributed by atoms with E-state index in [1.807, 2.05) is 36.4 Å². The summed E-state index contributed by atoms with van der Waals surface area (Å²) in [6.45, 7) is 0.222. The molecular formula is C14H12N2O2S. The van der Waals surface area contributed by atoms with Crippen LogP contribution in [0.1, 0.15) is 11.1 Å². The molecule has 0 amide bonds. The van der Waals surface area contributed by atoms with Crippen molar-refractivity contribution < 1.29 is 8.42 Å². The van der Waals surface area contributed by atoms with Crippen molar-refractivity contribution in [1.29, 1.82) is 5.26 Å². The van der Waals surface area contributed by atoms with Gasteiger partial charge in [-0.1, -0.05) is 36.4 Å². The predicted molar refractivity (Wildman–Crippen MR) is 71.6 cm³/mol. The van der Waals surface area contributed by atoms with E-state index in [2.05, 4.69) is 4.72 Å². The molecule has 0 atom stereocenters. The largest absolute Gasteiger partial charge is 0.240 e. The van der Waals surface area contributed by atoms with Crippen molar-refractivity contribution in [2.45, 2.75) is 11.4 Å². The number of benzene rings is 2. The van der Waals surface area contributed by atoms with Gasteiger partial charge in [-0.15, -0.1) is 0 Å². The van der Waals surface area contributed by atoms with Crippen LogP contribution >= 0.6 is 0 Å². The first-order chi connectivity index (χ1) is 9.12. The van der Waals surface area contributed by atoms with E-state index in [-0.39, 0.29) is 11.4 Å². The molecule has 0 bridgehead atoms. The Morgan fingerprint density at radius 3 is 2.47 bits per heavy atom. The first-order valence-electron chi connectivity index (χ1n) is 5.65. The Labute approximate surface area is 112 Å². The van der Waals surface area contributed by atoms with Crippen LogP contribution in [0.15, 0.2) is 59.5 Å². The molecule has 4 nitrogen and oxygen atoms in total. The van der Waals surface area contributed by atoms with Gasteiger partial charge in [0.25, 0.3) is 0 Å². The number of nitrogens with one attached hydrogen (secondary N) is 1. The monoisotopic (exact) mass is 272 g/mol. The normalized spacial score (nSPS) is 10.9. The molecule has 0 heterocycles. The fourth-order valence-electron chi connectivity index (χ4n) is 1.59. The molecule has 2 aromatic rings. The zero-order valence-corrected chi connectivity index (χ0v) is 10.9. The maximum atomic E-state index is 12.1. The van der Waals surface area contributed by atoms with E-state index in [9.17, 15) is 8.42 Å². The summed E-state index contributed by atoms with van der Waals surface area (Å²) in [5.74, 6) is 0. The average Bonchev–Trinajstić information content (AvgIpc) is 2.46. The number of hydrogen-bond donors (Lipinski definition) is 1. The summed E-state index contributed by atoms with van der Waals surface area (Å²) < 4.78 is 26.6. The lowest BCUT2D eigenvalue weighted by molar-refractivity contribution is 0.581. The summed E-state index contributed by atoms with van der Waals surface area (Å²) in [6, 6.07) is 17.1. The fourth-order valence-corrected chi connectivity index (χ4v) is 2.65. The molecule has 0 saturated heterocycles. The Kier molecular flexibility index (Phi) is 3.95. The lowest BCUT2D eigenvalue weighted by Crippen LogP contribution is -2.23.